The maximum atomic E-state index is 11.2. The van der Waals surface area contributed by atoms with Crippen molar-refractivity contribution in [2.75, 3.05) is 28.2 Å². The van der Waals surface area contributed by atoms with E-state index in [-0.39, 0.29) is 0 Å². The molecule has 4 nitrogen and oxygen atoms in total. The lowest BCUT2D eigenvalue weighted by Crippen LogP contribution is -2.28. The Morgan fingerprint density at radius 2 is 1.07 bits per heavy atom. The van der Waals surface area contributed by atoms with E-state index in [0.29, 0.717) is 0 Å². The Morgan fingerprint density at radius 1 is 0.786 bits per heavy atom. The second-order valence-electron chi connectivity index (χ2n) is 3.58. The zero-order valence-electron chi connectivity index (χ0n) is 8.87. The summed E-state index contributed by atoms with van der Waals surface area (Å²) < 4.78 is 0. The maximum absolute atomic E-state index is 11.2. The van der Waals surface area contributed by atoms with E-state index in [1.807, 2.05) is 38.0 Å². The van der Waals surface area contributed by atoms with Crippen molar-refractivity contribution in [2.45, 2.75) is 0 Å². The van der Waals surface area contributed by atoms with E-state index in [1.165, 1.54) is 12.2 Å². The number of nitrogens with zero attached hydrogens (tertiary/aromatic N) is 2. The molecule has 0 aliphatic heterocycles. The van der Waals surface area contributed by atoms with Crippen LogP contribution < -0.4 is 0 Å². The molecule has 1 aliphatic carbocycles. The first kappa shape index (κ1) is 10.5. The second kappa shape index (κ2) is 3.65. The molecule has 0 bridgehead atoms. The van der Waals surface area contributed by atoms with Crippen LogP contribution >= 0.6 is 0 Å². The van der Waals surface area contributed by atoms with E-state index in [9.17, 15) is 9.59 Å². The van der Waals surface area contributed by atoms with E-state index in [0.717, 1.165) is 11.4 Å². The molecule has 0 saturated carbocycles. The zero-order chi connectivity index (χ0) is 10.9. The quantitative estimate of drug-likeness (QED) is 0.459. The number of likely N-dealkylation sites (N-methyl/N-ethyl adjacent to an activating group) is 2. The van der Waals surface area contributed by atoms with Crippen molar-refractivity contribution in [1.29, 1.82) is 0 Å². The molecule has 0 aromatic heterocycles. The minimum atomic E-state index is -0.459. The van der Waals surface area contributed by atoms with E-state index in [1.54, 1.807) is 0 Å². The minimum Gasteiger partial charge on any atom is -0.376 e. The summed E-state index contributed by atoms with van der Waals surface area (Å²) >= 11 is 0. The highest BCUT2D eigenvalue weighted by molar-refractivity contribution is 6.46. The van der Waals surface area contributed by atoms with Crippen LogP contribution in [0.2, 0.25) is 0 Å². The van der Waals surface area contributed by atoms with E-state index >= 15 is 0 Å². The van der Waals surface area contributed by atoms with Crippen molar-refractivity contribution < 1.29 is 9.59 Å². The third-order valence-electron chi connectivity index (χ3n) is 2.00. The molecule has 0 aromatic rings. The van der Waals surface area contributed by atoms with Crippen LogP contribution in [-0.2, 0) is 9.59 Å². The normalized spacial score (nSPS) is 16.3. The summed E-state index contributed by atoms with van der Waals surface area (Å²) in [7, 11) is 7.36. The summed E-state index contributed by atoms with van der Waals surface area (Å²) in [4.78, 5) is 26.0. The number of rotatable bonds is 2. The predicted octanol–water partition coefficient (Wildman–Crippen LogP) is 0.0292. The molecule has 0 unspecified atom stereocenters. The molecule has 0 atom stereocenters. The van der Waals surface area contributed by atoms with Crippen molar-refractivity contribution in [3.8, 4) is 0 Å². The van der Waals surface area contributed by atoms with Crippen molar-refractivity contribution in [2.24, 2.45) is 0 Å². The summed E-state index contributed by atoms with van der Waals surface area (Å²) in [6.45, 7) is 0. The number of carbonyl (C=O) groups is 2. The largest absolute Gasteiger partial charge is 0.376 e. The lowest BCUT2D eigenvalue weighted by molar-refractivity contribution is -0.131. The summed E-state index contributed by atoms with van der Waals surface area (Å²) in [6.07, 6.45) is 2.75. The van der Waals surface area contributed by atoms with Gasteiger partial charge in [0.2, 0.25) is 11.6 Å². The van der Waals surface area contributed by atoms with Gasteiger partial charge in [0.1, 0.15) is 0 Å². The van der Waals surface area contributed by atoms with E-state index in [4.69, 9.17) is 0 Å². The van der Waals surface area contributed by atoms with Crippen LogP contribution in [0.15, 0.2) is 23.5 Å². The smallest absolute Gasteiger partial charge is 0.227 e. The summed E-state index contributed by atoms with van der Waals surface area (Å²) in [5.41, 5.74) is 1.53. The van der Waals surface area contributed by atoms with Crippen molar-refractivity contribution in [1.82, 2.24) is 9.80 Å². The molecule has 0 radical (unpaired) electrons. The Hall–Kier alpha value is -1.58. The van der Waals surface area contributed by atoms with Crippen LogP contribution in [0.3, 0.4) is 0 Å². The number of ketones is 2. The Labute approximate surface area is 83.5 Å². The topological polar surface area (TPSA) is 40.6 Å². The molecule has 0 fully saturated rings. The number of allylic oxidation sites excluding steroid dienone is 2. The Morgan fingerprint density at radius 3 is 1.29 bits per heavy atom. The molecule has 76 valence electrons. The lowest BCUT2D eigenvalue weighted by atomic mass is 10.1. The zero-order valence-corrected chi connectivity index (χ0v) is 8.87. The van der Waals surface area contributed by atoms with Gasteiger partial charge in [-0.3, -0.25) is 9.59 Å². The van der Waals surface area contributed by atoms with Crippen LogP contribution in [0.5, 0.6) is 0 Å². The highest BCUT2D eigenvalue weighted by atomic mass is 16.2. The average Bonchev–Trinajstić information content (AvgIpc) is 2.08. The SMILES string of the molecule is CN(C)C1=CC(=O)C(=O)C=C1N(C)C. The van der Waals surface area contributed by atoms with Crippen LogP contribution in [0.1, 0.15) is 0 Å². The first-order valence-corrected chi connectivity index (χ1v) is 4.30. The molecule has 1 rings (SSSR count). The van der Waals surface area contributed by atoms with Crippen LogP contribution in [0.4, 0.5) is 0 Å². The van der Waals surface area contributed by atoms with Gasteiger partial charge in [-0.25, -0.2) is 0 Å². The Bertz CT molecular complexity index is 304. The van der Waals surface area contributed by atoms with Gasteiger partial charge in [-0.05, 0) is 0 Å². The van der Waals surface area contributed by atoms with Crippen molar-refractivity contribution in [3.05, 3.63) is 23.5 Å². The maximum Gasteiger partial charge on any atom is 0.227 e. The van der Waals surface area contributed by atoms with E-state index < -0.39 is 11.6 Å². The number of hydrogen-bond donors (Lipinski definition) is 0. The van der Waals surface area contributed by atoms with Crippen molar-refractivity contribution >= 4 is 11.6 Å². The number of carbonyl (C=O) groups excluding carboxylic acids is 2. The highest BCUT2D eigenvalue weighted by Crippen LogP contribution is 2.18. The van der Waals surface area contributed by atoms with Crippen LogP contribution in [0, 0.1) is 0 Å². The molecule has 14 heavy (non-hydrogen) atoms. The van der Waals surface area contributed by atoms with Gasteiger partial charge in [0.15, 0.2) is 0 Å². The third kappa shape index (κ3) is 1.84. The summed E-state index contributed by atoms with van der Waals surface area (Å²) in [5, 5.41) is 0. The molecule has 0 amide bonds. The van der Waals surface area contributed by atoms with Gasteiger partial charge in [0.25, 0.3) is 0 Å². The monoisotopic (exact) mass is 194 g/mol. The third-order valence-corrected chi connectivity index (χ3v) is 2.00. The first-order chi connectivity index (χ1) is 6.43. The van der Waals surface area contributed by atoms with E-state index in [2.05, 4.69) is 0 Å². The summed E-state index contributed by atoms with van der Waals surface area (Å²) in [5.74, 6) is -0.918. The fourth-order valence-corrected chi connectivity index (χ4v) is 1.25. The minimum absolute atomic E-state index is 0.459. The predicted molar refractivity (Wildman–Crippen MR) is 53.6 cm³/mol. The van der Waals surface area contributed by atoms with Crippen LogP contribution in [-0.4, -0.2) is 49.6 Å². The molecule has 0 N–H and O–H groups in total. The molecule has 0 heterocycles. The molecule has 0 spiro atoms. The van der Waals surface area contributed by atoms with Gasteiger partial charge < -0.3 is 9.80 Å². The van der Waals surface area contributed by atoms with Gasteiger partial charge in [-0.15, -0.1) is 0 Å². The second-order valence-corrected chi connectivity index (χ2v) is 3.58. The molecule has 0 aromatic carbocycles. The van der Waals surface area contributed by atoms with Gasteiger partial charge in [0, 0.05) is 40.3 Å². The van der Waals surface area contributed by atoms with Crippen molar-refractivity contribution in [3.63, 3.8) is 0 Å². The van der Waals surface area contributed by atoms with Gasteiger partial charge >= 0.3 is 0 Å². The molecule has 0 saturated heterocycles. The average molecular weight is 194 g/mol. The molecule has 1 aliphatic rings. The van der Waals surface area contributed by atoms with Gasteiger partial charge in [-0.2, -0.15) is 0 Å². The van der Waals surface area contributed by atoms with Crippen LogP contribution in [0.25, 0.3) is 0 Å². The van der Waals surface area contributed by atoms with Gasteiger partial charge in [0.05, 0.1) is 11.4 Å². The molecular weight excluding hydrogens is 180 g/mol. The lowest BCUT2D eigenvalue weighted by Gasteiger charge is -2.26. The molecule has 4 heteroatoms. The Kier molecular flexibility index (Phi) is 2.74. The molecular formula is C10H14N2O2. The summed E-state index contributed by atoms with van der Waals surface area (Å²) in [6, 6.07) is 0. The number of hydrogen-bond acceptors (Lipinski definition) is 4. The Balaban J connectivity index is 3.13. The highest BCUT2D eigenvalue weighted by Gasteiger charge is 2.22. The standard InChI is InChI=1S/C10H14N2O2/c1-11(2)7-5-9(13)10(14)6-8(7)12(3)4/h5-6H,1-4H3. The fraction of sp³-hybridized carbons (Fsp3) is 0.400. The fourth-order valence-electron chi connectivity index (χ4n) is 1.25. The van der Waals surface area contributed by atoms with Gasteiger partial charge in [-0.1, -0.05) is 0 Å². The first-order valence-electron chi connectivity index (χ1n) is 4.30.